The molecule has 0 unspecified atom stereocenters. The third kappa shape index (κ3) is 3.22. The van der Waals surface area contributed by atoms with Gasteiger partial charge in [-0.2, -0.15) is 15.8 Å². The lowest BCUT2D eigenvalue weighted by molar-refractivity contribution is 0.411. The molecule has 0 aliphatic heterocycles. The molecule has 7 heteroatoms. The van der Waals surface area contributed by atoms with Gasteiger partial charge in [0, 0.05) is 6.07 Å². The van der Waals surface area contributed by atoms with Crippen LogP contribution in [0.3, 0.4) is 0 Å². The maximum absolute atomic E-state index is 13.7. The maximum atomic E-state index is 13.7. The quantitative estimate of drug-likeness (QED) is 0.864. The van der Waals surface area contributed by atoms with Gasteiger partial charge in [-0.1, -0.05) is 0 Å². The lowest BCUT2D eigenvalue weighted by Gasteiger charge is -2.09. The van der Waals surface area contributed by atoms with E-state index in [0.717, 1.165) is 6.07 Å². The van der Waals surface area contributed by atoms with E-state index in [1.54, 1.807) is 18.2 Å². The Balaban J connectivity index is 3.28. The van der Waals surface area contributed by atoms with Crippen molar-refractivity contribution >= 4 is 21.6 Å². The number of nitriles is 3. The highest BCUT2D eigenvalue weighted by Crippen LogP contribution is 2.31. The number of rotatable bonds is 3. The number of hydrogen-bond acceptors (Lipinski definition) is 5. The van der Waals surface area contributed by atoms with Crippen molar-refractivity contribution in [3.8, 4) is 24.0 Å². The highest BCUT2D eigenvalue weighted by Gasteiger charge is 2.12. The number of nitrogens with zero attached hydrogens (tertiary/aromatic N) is 3. The van der Waals surface area contributed by atoms with Gasteiger partial charge < -0.3 is 10.1 Å². The molecule has 0 amide bonds. The molecule has 0 fully saturated rings. The number of hydrogen-bond donors (Lipinski definition) is 1. The van der Waals surface area contributed by atoms with Crippen LogP contribution in [0, 0.1) is 39.8 Å². The van der Waals surface area contributed by atoms with E-state index in [2.05, 4.69) is 21.2 Å². The largest absolute Gasteiger partial charge is 0.495 e. The zero-order valence-electron chi connectivity index (χ0n) is 9.66. The van der Waals surface area contributed by atoms with Crippen molar-refractivity contribution in [2.75, 3.05) is 12.4 Å². The van der Waals surface area contributed by atoms with Crippen LogP contribution < -0.4 is 10.1 Å². The third-order valence-corrected chi connectivity index (χ3v) is 2.71. The van der Waals surface area contributed by atoms with E-state index in [0.29, 0.717) is 10.2 Å². The molecule has 5 nitrogen and oxygen atoms in total. The molecule has 1 aromatic carbocycles. The van der Waals surface area contributed by atoms with Gasteiger partial charge in [-0.3, -0.25) is 0 Å². The van der Waals surface area contributed by atoms with Gasteiger partial charge in [-0.15, -0.1) is 0 Å². The zero-order chi connectivity index (χ0) is 14.4. The highest BCUT2D eigenvalue weighted by molar-refractivity contribution is 9.10. The minimum Gasteiger partial charge on any atom is -0.495 e. The molecular formula is C12H6BrFN4O. The Labute approximate surface area is 117 Å². The van der Waals surface area contributed by atoms with Crippen molar-refractivity contribution in [1.82, 2.24) is 0 Å². The van der Waals surface area contributed by atoms with Crippen molar-refractivity contribution in [3.63, 3.8) is 0 Å². The van der Waals surface area contributed by atoms with Crippen molar-refractivity contribution in [2.24, 2.45) is 0 Å². The Morgan fingerprint density at radius 2 is 1.89 bits per heavy atom. The number of allylic oxidation sites excluding steroid dienone is 2. The summed E-state index contributed by atoms with van der Waals surface area (Å²) in [5.74, 6) is -0.313. The average Bonchev–Trinajstić information content (AvgIpc) is 2.41. The molecule has 1 rings (SSSR count). The number of ether oxygens (including phenoxy) is 1. The van der Waals surface area contributed by atoms with Crippen LogP contribution in [0.5, 0.6) is 5.75 Å². The van der Waals surface area contributed by atoms with E-state index >= 15 is 0 Å². The van der Waals surface area contributed by atoms with E-state index < -0.39 is 11.4 Å². The molecule has 0 radical (unpaired) electrons. The first-order valence-corrected chi connectivity index (χ1v) is 5.61. The summed E-state index contributed by atoms with van der Waals surface area (Å²) in [7, 11) is 1.40. The van der Waals surface area contributed by atoms with Crippen LogP contribution in [0.4, 0.5) is 10.1 Å². The Morgan fingerprint density at radius 3 is 2.37 bits per heavy atom. The molecule has 19 heavy (non-hydrogen) atoms. The van der Waals surface area contributed by atoms with E-state index in [4.69, 9.17) is 20.5 Å². The summed E-state index contributed by atoms with van der Waals surface area (Å²) in [4.78, 5) is 0. The lowest BCUT2D eigenvalue weighted by Crippen LogP contribution is -2.03. The molecule has 1 N–H and O–H groups in total. The molecule has 94 valence electrons. The second-order valence-corrected chi connectivity index (χ2v) is 4.03. The van der Waals surface area contributed by atoms with Gasteiger partial charge in [0.25, 0.3) is 0 Å². The molecule has 0 spiro atoms. The summed E-state index contributed by atoms with van der Waals surface area (Å²) in [6.07, 6.45) is 0. The first-order valence-electron chi connectivity index (χ1n) is 4.82. The second-order valence-electron chi connectivity index (χ2n) is 3.18. The Kier molecular flexibility index (Phi) is 4.88. The van der Waals surface area contributed by atoms with Crippen LogP contribution in [-0.2, 0) is 0 Å². The van der Waals surface area contributed by atoms with Crippen LogP contribution in [-0.4, -0.2) is 7.11 Å². The number of anilines is 1. The second kappa shape index (κ2) is 6.39. The SMILES string of the molecule is COc1cc(NC(C#N)=C(C#N)C#N)c(F)cc1Br. The molecule has 0 saturated carbocycles. The number of nitrogens with one attached hydrogen (secondary N) is 1. The van der Waals surface area contributed by atoms with Crippen molar-refractivity contribution in [1.29, 1.82) is 15.8 Å². The van der Waals surface area contributed by atoms with Crippen molar-refractivity contribution in [3.05, 3.63) is 33.7 Å². The normalized spacial score (nSPS) is 8.63. The van der Waals surface area contributed by atoms with E-state index in [9.17, 15) is 4.39 Å². The summed E-state index contributed by atoms with van der Waals surface area (Å²) in [5, 5.41) is 28.6. The zero-order valence-corrected chi connectivity index (χ0v) is 11.2. The summed E-state index contributed by atoms with van der Waals surface area (Å²) in [6.45, 7) is 0. The number of benzene rings is 1. The fraction of sp³-hybridized carbons (Fsp3) is 0.0833. The number of methoxy groups -OCH3 is 1. The van der Waals surface area contributed by atoms with Gasteiger partial charge in [0.05, 0.1) is 17.3 Å². The Morgan fingerprint density at radius 1 is 1.26 bits per heavy atom. The Hall–Kier alpha value is -2.56. The molecular weight excluding hydrogens is 315 g/mol. The van der Waals surface area contributed by atoms with E-state index in [1.807, 2.05) is 0 Å². The van der Waals surface area contributed by atoms with Crippen LogP contribution >= 0.6 is 15.9 Å². The summed E-state index contributed by atoms with van der Waals surface area (Å²) in [5.41, 5.74) is -0.823. The predicted octanol–water partition coefficient (Wildman–Crippen LogP) is 2.83. The van der Waals surface area contributed by atoms with Gasteiger partial charge in [0.15, 0.2) is 5.57 Å². The van der Waals surface area contributed by atoms with Crippen LogP contribution in [0.15, 0.2) is 27.9 Å². The van der Waals surface area contributed by atoms with Gasteiger partial charge in [0.1, 0.15) is 35.5 Å². The monoisotopic (exact) mass is 320 g/mol. The molecule has 0 saturated heterocycles. The summed E-state index contributed by atoms with van der Waals surface area (Å²) in [6, 6.07) is 7.20. The van der Waals surface area contributed by atoms with Gasteiger partial charge in [-0.05, 0) is 22.0 Å². The lowest BCUT2D eigenvalue weighted by atomic mass is 10.2. The fourth-order valence-corrected chi connectivity index (χ4v) is 1.68. The highest BCUT2D eigenvalue weighted by atomic mass is 79.9. The summed E-state index contributed by atoms with van der Waals surface area (Å²) < 4.78 is 19.1. The van der Waals surface area contributed by atoms with Gasteiger partial charge >= 0.3 is 0 Å². The molecule has 0 bridgehead atoms. The molecule has 1 aromatic rings. The van der Waals surface area contributed by atoms with Crippen molar-refractivity contribution < 1.29 is 9.13 Å². The van der Waals surface area contributed by atoms with Crippen LogP contribution in [0.1, 0.15) is 0 Å². The molecule has 0 aliphatic carbocycles. The first kappa shape index (κ1) is 14.5. The van der Waals surface area contributed by atoms with Gasteiger partial charge in [0.2, 0.25) is 0 Å². The minimum atomic E-state index is -0.657. The average molecular weight is 321 g/mol. The van der Waals surface area contributed by atoms with Crippen molar-refractivity contribution in [2.45, 2.75) is 0 Å². The summed E-state index contributed by atoms with van der Waals surface area (Å²) >= 11 is 3.11. The smallest absolute Gasteiger partial charge is 0.163 e. The standard InChI is InChI=1S/C12H6BrFN4O/c1-19-12-3-10(9(14)2-8(12)13)18-11(6-17)7(4-15)5-16/h2-3,18H,1H3. The topological polar surface area (TPSA) is 92.6 Å². The Bertz CT molecular complexity index is 648. The molecule has 0 aliphatic rings. The first-order chi connectivity index (χ1) is 9.07. The molecule has 0 atom stereocenters. The molecule has 0 aromatic heterocycles. The van der Waals surface area contributed by atoms with Crippen LogP contribution in [0.25, 0.3) is 0 Å². The third-order valence-electron chi connectivity index (χ3n) is 2.09. The molecule has 0 heterocycles. The number of halogens is 2. The fourth-order valence-electron chi connectivity index (χ4n) is 1.20. The van der Waals surface area contributed by atoms with E-state index in [1.165, 1.54) is 13.2 Å². The maximum Gasteiger partial charge on any atom is 0.163 e. The predicted molar refractivity (Wildman–Crippen MR) is 68.1 cm³/mol. The van der Waals surface area contributed by atoms with Crippen LogP contribution in [0.2, 0.25) is 0 Å². The minimum absolute atomic E-state index is 0.0698. The van der Waals surface area contributed by atoms with Gasteiger partial charge in [-0.25, -0.2) is 4.39 Å². The van der Waals surface area contributed by atoms with E-state index in [-0.39, 0.29) is 11.4 Å².